The number of methoxy groups -OCH3 is 1. The second-order valence-corrected chi connectivity index (χ2v) is 7.39. The first kappa shape index (κ1) is 18.2. The molecule has 3 aromatic rings. The van der Waals surface area contributed by atoms with E-state index in [-0.39, 0.29) is 30.7 Å². The van der Waals surface area contributed by atoms with Crippen molar-refractivity contribution in [3.8, 4) is 11.5 Å². The number of fused-ring (bicyclic) bond motifs is 1. The van der Waals surface area contributed by atoms with Crippen LogP contribution in [0.25, 0.3) is 0 Å². The molecular formula is C20H18FN3O3S. The van der Waals surface area contributed by atoms with Crippen LogP contribution in [0, 0.1) is 5.82 Å². The van der Waals surface area contributed by atoms with Crippen molar-refractivity contribution >= 4 is 28.2 Å². The van der Waals surface area contributed by atoms with Gasteiger partial charge in [-0.1, -0.05) is 41.7 Å². The van der Waals surface area contributed by atoms with Crippen LogP contribution in [-0.2, 0) is 11.4 Å². The van der Waals surface area contributed by atoms with E-state index in [1.54, 1.807) is 31.4 Å². The van der Waals surface area contributed by atoms with Gasteiger partial charge in [0.2, 0.25) is 5.91 Å². The minimum atomic E-state index is -0.339. The van der Waals surface area contributed by atoms with Crippen molar-refractivity contribution in [2.24, 2.45) is 0 Å². The Kier molecular flexibility index (Phi) is 4.87. The molecule has 2 heterocycles. The number of benzene rings is 2. The van der Waals surface area contributed by atoms with Crippen molar-refractivity contribution in [1.82, 2.24) is 4.98 Å². The van der Waals surface area contributed by atoms with Crippen LogP contribution in [0.1, 0.15) is 28.3 Å². The number of anilines is 2. The molecule has 0 saturated heterocycles. The van der Waals surface area contributed by atoms with Gasteiger partial charge in [-0.15, -0.1) is 0 Å². The minimum absolute atomic E-state index is 0.0383. The molecule has 4 rings (SSSR count). The molecule has 0 bridgehead atoms. The molecule has 0 aliphatic carbocycles. The lowest BCUT2D eigenvalue weighted by Gasteiger charge is -2.24. The zero-order valence-corrected chi connectivity index (χ0v) is 15.9. The number of para-hydroxylation sites is 1. The minimum Gasteiger partial charge on any atom is -0.493 e. The number of carbonyl (C=O) groups is 1. The summed E-state index contributed by atoms with van der Waals surface area (Å²) in [5.74, 6) is 0.708. The Bertz CT molecular complexity index is 1040. The zero-order valence-electron chi connectivity index (χ0n) is 15.1. The van der Waals surface area contributed by atoms with Crippen LogP contribution in [0.4, 0.5) is 15.3 Å². The van der Waals surface area contributed by atoms with Gasteiger partial charge in [0.1, 0.15) is 18.2 Å². The monoisotopic (exact) mass is 399 g/mol. The second-order valence-electron chi connectivity index (χ2n) is 6.33. The summed E-state index contributed by atoms with van der Waals surface area (Å²) < 4.78 is 25.4. The Balaban J connectivity index is 1.74. The van der Waals surface area contributed by atoms with Crippen molar-refractivity contribution in [3.63, 3.8) is 0 Å². The summed E-state index contributed by atoms with van der Waals surface area (Å²) in [6, 6.07) is 11.9. The molecule has 0 radical (unpaired) electrons. The van der Waals surface area contributed by atoms with Gasteiger partial charge in [0.25, 0.3) is 0 Å². The summed E-state index contributed by atoms with van der Waals surface area (Å²) in [7, 11) is 1.54. The fourth-order valence-electron chi connectivity index (χ4n) is 3.27. The third kappa shape index (κ3) is 3.38. The number of nitrogens with one attached hydrogen (secondary N) is 1. The zero-order chi connectivity index (χ0) is 19.7. The van der Waals surface area contributed by atoms with Crippen molar-refractivity contribution in [2.75, 3.05) is 18.2 Å². The van der Waals surface area contributed by atoms with E-state index in [1.165, 1.54) is 17.4 Å². The number of aromatic nitrogens is 1. The van der Waals surface area contributed by atoms with Gasteiger partial charge in [-0.05, 0) is 12.1 Å². The predicted molar refractivity (Wildman–Crippen MR) is 105 cm³/mol. The number of ether oxygens (including phenoxy) is 2. The lowest BCUT2D eigenvalue weighted by atomic mass is 9.90. The highest BCUT2D eigenvalue weighted by Gasteiger charge is 2.32. The van der Waals surface area contributed by atoms with E-state index in [2.05, 4.69) is 10.3 Å². The van der Waals surface area contributed by atoms with Gasteiger partial charge in [0.05, 0.1) is 12.0 Å². The van der Waals surface area contributed by atoms with E-state index >= 15 is 0 Å². The Morgan fingerprint density at radius 3 is 2.89 bits per heavy atom. The van der Waals surface area contributed by atoms with E-state index < -0.39 is 0 Å². The summed E-state index contributed by atoms with van der Waals surface area (Å²) in [5, 5.41) is 3.14. The molecule has 6 nitrogen and oxygen atoms in total. The number of hydrogen-bond acceptors (Lipinski definition) is 6. The standard InChI is InChI=1S/C20H18FN3O3S/c1-26-15-8-4-6-12(17(15)27-10-11-5-2-3-7-14(11)21)13-9-16(25)23-19-18(13)28-20(22)24-19/h2-8,13H,9-10H2,1H3,(H2,22,24)(H,23,25)/t13-/m1/s1. The van der Waals surface area contributed by atoms with Crippen LogP contribution < -0.4 is 20.5 Å². The van der Waals surface area contributed by atoms with Crippen molar-refractivity contribution in [2.45, 2.75) is 18.9 Å². The number of hydrogen-bond donors (Lipinski definition) is 2. The maximum absolute atomic E-state index is 14.0. The van der Waals surface area contributed by atoms with Gasteiger partial charge < -0.3 is 20.5 Å². The molecule has 3 N–H and O–H groups in total. The largest absolute Gasteiger partial charge is 0.493 e. The topological polar surface area (TPSA) is 86.5 Å². The average molecular weight is 399 g/mol. The quantitative estimate of drug-likeness (QED) is 0.679. The number of halogens is 1. The highest BCUT2D eigenvalue weighted by atomic mass is 32.1. The lowest BCUT2D eigenvalue weighted by molar-refractivity contribution is -0.116. The summed E-state index contributed by atoms with van der Waals surface area (Å²) >= 11 is 1.33. The van der Waals surface area contributed by atoms with E-state index in [9.17, 15) is 9.18 Å². The fraction of sp³-hybridized carbons (Fsp3) is 0.200. The number of nitrogens with zero attached hydrogens (tertiary/aromatic N) is 1. The van der Waals surface area contributed by atoms with Crippen LogP contribution in [0.2, 0.25) is 0 Å². The number of amides is 1. The molecule has 0 fully saturated rings. The number of rotatable bonds is 5. The first-order chi connectivity index (χ1) is 13.6. The van der Waals surface area contributed by atoms with Crippen LogP contribution >= 0.6 is 11.3 Å². The first-order valence-corrected chi connectivity index (χ1v) is 9.47. The maximum atomic E-state index is 14.0. The molecule has 1 aliphatic heterocycles. The number of thiazole rings is 1. The van der Waals surface area contributed by atoms with E-state index in [0.29, 0.717) is 28.0 Å². The van der Waals surface area contributed by atoms with Crippen LogP contribution in [0.15, 0.2) is 42.5 Å². The number of nitrogens with two attached hydrogens (primary N) is 1. The Morgan fingerprint density at radius 2 is 2.11 bits per heavy atom. The van der Waals surface area contributed by atoms with Crippen molar-refractivity contribution in [3.05, 3.63) is 64.3 Å². The predicted octanol–water partition coefficient (Wildman–Crippen LogP) is 3.93. The molecule has 0 spiro atoms. The first-order valence-electron chi connectivity index (χ1n) is 8.66. The molecule has 1 atom stereocenters. The lowest BCUT2D eigenvalue weighted by Crippen LogP contribution is -2.23. The molecule has 2 aromatic carbocycles. The van der Waals surface area contributed by atoms with Crippen LogP contribution in [-0.4, -0.2) is 18.0 Å². The third-order valence-electron chi connectivity index (χ3n) is 4.57. The summed E-state index contributed by atoms with van der Waals surface area (Å²) in [6.45, 7) is 0.0383. The SMILES string of the molecule is COc1cccc([C@H]2CC(=O)Nc3nc(N)sc32)c1OCc1ccccc1F. The summed E-state index contributed by atoms with van der Waals surface area (Å²) in [6.07, 6.45) is 0.234. The molecule has 1 aliphatic rings. The Labute approximate surface area is 165 Å². The van der Waals surface area contributed by atoms with Gasteiger partial charge in [0, 0.05) is 23.5 Å². The molecule has 28 heavy (non-hydrogen) atoms. The van der Waals surface area contributed by atoms with Gasteiger partial charge in [-0.25, -0.2) is 9.37 Å². The second kappa shape index (κ2) is 7.47. The van der Waals surface area contributed by atoms with Crippen molar-refractivity contribution in [1.29, 1.82) is 0 Å². The molecule has 1 amide bonds. The number of nitrogen functional groups attached to an aromatic ring is 1. The normalized spacial score (nSPS) is 15.6. The molecular weight excluding hydrogens is 381 g/mol. The van der Waals surface area contributed by atoms with Gasteiger partial charge in [-0.3, -0.25) is 4.79 Å². The molecule has 144 valence electrons. The van der Waals surface area contributed by atoms with E-state index in [4.69, 9.17) is 15.2 Å². The maximum Gasteiger partial charge on any atom is 0.226 e. The number of carbonyl (C=O) groups excluding carboxylic acids is 1. The van der Waals surface area contributed by atoms with Gasteiger partial charge >= 0.3 is 0 Å². The highest BCUT2D eigenvalue weighted by Crippen LogP contribution is 2.46. The molecule has 1 aromatic heterocycles. The van der Waals surface area contributed by atoms with Crippen LogP contribution in [0.3, 0.4) is 0 Å². The Hall–Kier alpha value is -3.13. The van der Waals surface area contributed by atoms with Crippen LogP contribution in [0.5, 0.6) is 11.5 Å². The third-order valence-corrected chi connectivity index (χ3v) is 5.57. The van der Waals surface area contributed by atoms with Crippen molar-refractivity contribution < 1.29 is 18.7 Å². The smallest absolute Gasteiger partial charge is 0.226 e. The highest BCUT2D eigenvalue weighted by molar-refractivity contribution is 7.16. The average Bonchev–Trinajstić information content (AvgIpc) is 3.06. The molecule has 8 heteroatoms. The Morgan fingerprint density at radius 1 is 1.29 bits per heavy atom. The van der Waals surface area contributed by atoms with Gasteiger partial charge in [0.15, 0.2) is 16.6 Å². The molecule has 0 saturated carbocycles. The van der Waals surface area contributed by atoms with E-state index in [0.717, 1.165) is 10.4 Å². The van der Waals surface area contributed by atoms with Gasteiger partial charge in [-0.2, -0.15) is 0 Å². The summed E-state index contributed by atoms with van der Waals surface area (Å²) in [4.78, 5) is 17.3. The molecule has 0 unspecified atom stereocenters. The fourth-order valence-corrected chi connectivity index (χ4v) is 4.18. The van der Waals surface area contributed by atoms with E-state index in [1.807, 2.05) is 12.1 Å². The summed E-state index contributed by atoms with van der Waals surface area (Å²) in [5.41, 5.74) is 7.06.